The lowest BCUT2D eigenvalue weighted by molar-refractivity contribution is -0.0266. The third-order valence-electron chi connectivity index (χ3n) is 2.63. The summed E-state index contributed by atoms with van der Waals surface area (Å²) in [5, 5.41) is 19.2. The number of carbonyl (C=O) groups is 1. The average molecular weight is 217 g/mol. The Morgan fingerprint density at radius 1 is 1.53 bits per heavy atom. The van der Waals surface area contributed by atoms with E-state index in [-0.39, 0.29) is 13.2 Å². The highest BCUT2D eigenvalue weighted by molar-refractivity contribution is 5.66. The molecule has 0 aromatic heterocycles. The fourth-order valence-electron chi connectivity index (χ4n) is 1.89. The van der Waals surface area contributed by atoms with Gasteiger partial charge in [-0.05, 0) is 27.7 Å². The summed E-state index contributed by atoms with van der Waals surface area (Å²) in [5.74, 6) is 0. The van der Waals surface area contributed by atoms with Gasteiger partial charge >= 0.3 is 6.09 Å². The Bertz CT molecular complexity index is 257. The molecule has 1 aliphatic heterocycles. The van der Waals surface area contributed by atoms with Gasteiger partial charge in [-0.25, -0.2) is 4.79 Å². The first kappa shape index (κ1) is 12.3. The Hall–Kier alpha value is -0.810. The number of rotatable bonds is 1. The number of amides is 1. The first-order chi connectivity index (χ1) is 6.66. The Labute approximate surface area is 89.6 Å². The van der Waals surface area contributed by atoms with Crippen molar-refractivity contribution in [1.29, 1.82) is 0 Å². The van der Waals surface area contributed by atoms with Gasteiger partial charge in [0.05, 0.1) is 19.3 Å². The number of hydrogen-bond donors (Lipinski definition) is 2. The molecule has 1 aliphatic rings. The molecule has 2 unspecified atom stereocenters. The normalized spacial score (nSPS) is 31.7. The van der Waals surface area contributed by atoms with Gasteiger partial charge in [0.25, 0.3) is 0 Å². The van der Waals surface area contributed by atoms with E-state index in [4.69, 9.17) is 9.84 Å². The van der Waals surface area contributed by atoms with Gasteiger partial charge in [-0.2, -0.15) is 0 Å². The largest absolute Gasteiger partial charge is 0.465 e. The molecule has 0 aromatic rings. The van der Waals surface area contributed by atoms with Crippen LogP contribution in [0.15, 0.2) is 0 Å². The highest BCUT2D eigenvalue weighted by Gasteiger charge is 2.47. The molecule has 0 bridgehead atoms. The summed E-state index contributed by atoms with van der Waals surface area (Å²) in [6, 6.07) is -0.505. The Morgan fingerprint density at radius 2 is 2.07 bits per heavy atom. The minimum atomic E-state index is -1.11. The molecule has 5 heteroatoms. The molecule has 1 fully saturated rings. The van der Waals surface area contributed by atoms with Crippen LogP contribution in [-0.2, 0) is 4.74 Å². The van der Waals surface area contributed by atoms with Crippen molar-refractivity contribution in [3.63, 3.8) is 0 Å². The van der Waals surface area contributed by atoms with Crippen molar-refractivity contribution in [2.24, 2.45) is 0 Å². The summed E-state index contributed by atoms with van der Waals surface area (Å²) in [7, 11) is 0. The van der Waals surface area contributed by atoms with E-state index >= 15 is 0 Å². The molecule has 0 aromatic carbocycles. The SMILES string of the molecule is CC1(O)COCC1N(C(=O)O)C(C)(C)C. The average Bonchev–Trinajstić information content (AvgIpc) is 2.27. The smallest absolute Gasteiger partial charge is 0.408 e. The van der Waals surface area contributed by atoms with E-state index in [0.717, 1.165) is 0 Å². The Balaban J connectivity index is 2.96. The van der Waals surface area contributed by atoms with Crippen molar-refractivity contribution >= 4 is 6.09 Å². The number of ether oxygens (including phenoxy) is 1. The number of carboxylic acid groups (broad SMARTS) is 1. The Morgan fingerprint density at radius 3 is 2.33 bits per heavy atom. The van der Waals surface area contributed by atoms with Crippen LogP contribution in [0.25, 0.3) is 0 Å². The van der Waals surface area contributed by atoms with Crippen molar-refractivity contribution in [3.05, 3.63) is 0 Å². The zero-order valence-corrected chi connectivity index (χ0v) is 9.65. The van der Waals surface area contributed by atoms with Crippen LogP contribution in [0.2, 0.25) is 0 Å². The predicted octanol–water partition coefficient (Wildman–Crippen LogP) is 0.915. The van der Waals surface area contributed by atoms with Gasteiger partial charge in [0.1, 0.15) is 5.60 Å². The van der Waals surface area contributed by atoms with Gasteiger partial charge in [-0.15, -0.1) is 0 Å². The molecular formula is C10H19NO4. The third-order valence-corrected chi connectivity index (χ3v) is 2.63. The fourth-order valence-corrected chi connectivity index (χ4v) is 1.89. The third kappa shape index (κ3) is 2.41. The van der Waals surface area contributed by atoms with Gasteiger partial charge in [-0.3, -0.25) is 4.90 Å². The molecule has 1 heterocycles. The maximum absolute atomic E-state index is 11.2. The van der Waals surface area contributed by atoms with Crippen molar-refractivity contribution in [1.82, 2.24) is 4.90 Å². The molecule has 2 atom stereocenters. The molecule has 2 N–H and O–H groups in total. The van der Waals surface area contributed by atoms with Crippen molar-refractivity contribution in [3.8, 4) is 0 Å². The quantitative estimate of drug-likeness (QED) is 0.685. The van der Waals surface area contributed by atoms with Gasteiger partial charge < -0.3 is 14.9 Å². The van der Waals surface area contributed by atoms with E-state index in [1.54, 1.807) is 27.7 Å². The van der Waals surface area contributed by atoms with Gasteiger partial charge in [0.15, 0.2) is 0 Å². The zero-order valence-electron chi connectivity index (χ0n) is 9.65. The van der Waals surface area contributed by atoms with Gasteiger partial charge in [0, 0.05) is 5.54 Å². The molecule has 88 valence electrons. The van der Waals surface area contributed by atoms with E-state index in [0.29, 0.717) is 0 Å². The molecule has 1 saturated heterocycles. The first-order valence-corrected chi connectivity index (χ1v) is 4.98. The number of nitrogens with zero attached hydrogens (tertiary/aromatic N) is 1. The lowest BCUT2D eigenvalue weighted by Crippen LogP contribution is -2.59. The van der Waals surface area contributed by atoms with Crippen LogP contribution in [0.5, 0.6) is 0 Å². The molecule has 5 nitrogen and oxygen atoms in total. The van der Waals surface area contributed by atoms with Crippen LogP contribution < -0.4 is 0 Å². The second-order valence-corrected chi connectivity index (χ2v) is 5.21. The molecule has 15 heavy (non-hydrogen) atoms. The fraction of sp³-hybridized carbons (Fsp3) is 0.900. The highest BCUT2D eigenvalue weighted by atomic mass is 16.5. The van der Waals surface area contributed by atoms with Crippen molar-refractivity contribution < 1.29 is 19.7 Å². The van der Waals surface area contributed by atoms with E-state index < -0.39 is 23.3 Å². The van der Waals surface area contributed by atoms with E-state index in [1.807, 2.05) is 0 Å². The van der Waals surface area contributed by atoms with Crippen LogP contribution >= 0.6 is 0 Å². The number of hydrogen-bond acceptors (Lipinski definition) is 3. The van der Waals surface area contributed by atoms with E-state index in [1.165, 1.54) is 4.90 Å². The minimum Gasteiger partial charge on any atom is -0.465 e. The maximum atomic E-state index is 11.2. The summed E-state index contributed by atoms with van der Waals surface area (Å²) in [6.45, 7) is 7.43. The highest BCUT2D eigenvalue weighted by Crippen LogP contribution is 2.29. The van der Waals surface area contributed by atoms with Crippen LogP contribution in [-0.4, -0.2) is 51.6 Å². The van der Waals surface area contributed by atoms with E-state index in [9.17, 15) is 9.90 Å². The lowest BCUT2D eigenvalue weighted by Gasteiger charge is -2.41. The Kier molecular flexibility index (Phi) is 2.98. The minimum absolute atomic E-state index is 0.178. The summed E-state index contributed by atoms with van der Waals surface area (Å²) in [4.78, 5) is 12.4. The molecule has 0 saturated carbocycles. The summed E-state index contributed by atoms with van der Waals surface area (Å²) >= 11 is 0. The molecule has 0 spiro atoms. The number of aliphatic hydroxyl groups is 1. The molecular weight excluding hydrogens is 198 g/mol. The summed E-state index contributed by atoms with van der Waals surface area (Å²) < 4.78 is 5.14. The van der Waals surface area contributed by atoms with Crippen LogP contribution in [0, 0.1) is 0 Å². The topological polar surface area (TPSA) is 70.0 Å². The van der Waals surface area contributed by atoms with E-state index in [2.05, 4.69) is 0 Å². The standard InChI is InChI=1S/C10H19NO4/c1-9(2,3)11(8(12)13)7-5-15-6-10(7,4)14/h7,14H,5-6H2,1-4H3,(H,12,13). The molecule has 0 aliphatic carbocycles. The zero-order chi connectivity index (χ0) is 11.9. The summed E-state index contributed by atoms with van der Waals surface area (Å²) in [5.41, 5.74) is -1.65. The van der Waals surface area contributed by atoms with Crippen LogP contribution in [0.4, 0.5) is 4.79 Å². The molecule has 0 radical (unpaired) electrons. The van der Waals surface area contributed by atoms with Gasteiger partial charge in [0.2, 0.25) is 0 Å². The summed E-state index contributed by atoms with van der Waals surface area (Å²) in [6.07, 6.45) is -1.03. The van der Waals surface area contributed by atoms with Crippen LogP contribution in [0.1, 0.15) is 27.7 Å². The van der Waals surface area contributed by atoms with Crippen LogP contribution in [0.3, 0.4) is 0 Å². The molecule has 1 amide bonds. The van der Waals surface area contributed by atoms with Crippen molar-refractivity contribution in [2.75, 3.05) is 13.2 Å². The second kappa shape index (κ2) is 3.64. The monoisotopic (exact) mass is 217 g/mol. The lowest BCUT2D eigenvalue weighted by atomic mass is 9.94. The first-order valence-electron chi connectivity index (χ1n) is 4.98. The maximum Gasteiger partial charge on any atom is 0.408 e. The second-order valence-electron chi connectivity index (χ2n) is 5.21. The van der Waals surface area contributed by atoms with Crippen molar-refractivity contribution in [2.45, 2.75) is 44.9 Å². The van der Waals surface area contributed by atoms with Gasteiger partial charge in [-0.1, -0.05) is 0 Å². The molecule has 1 rings (SSSR count). The predicted molar refractivity (Wildman–Crippen MR) is 54.8 cm³/mol.